The molecule has 1 aromatic carbocycles. The lowest BCUT2D eigenvalue weighted by molar-refractivity contribution is -0.121. The van der Waals surface area contributed by atoms with Crippen LogP contribution < -0.4 is 10.9 Å². The first-order valence-corrected chi connectivity index (χ1v) is 7.13. The molecule has 1 aromatic heterocycles. The largest absolute Gasteiger partial charge is 0.272 e. The van der Waals surface area contributed by atoms with Crippen molar-refractivity contribution >= 4 is 23.6 Å². The summed E-state index contributed by atoms with van der Waals surface area (Å²) in [4.78, 5) is 31.7. The zero-order chi connectivity index (χ0) is 15.1. The summed E-state index contributed by atoms with van der Waals surface area (Å²) in [5.74, 6) is -0.686. The van der Waals surface area contributed by atoms with E-state index in [1.807, 2.05) is 6.07 Å². The number of amides is 2. The van der Waals surface area contributed by atoms with Crippen LogP contribution in [0.1, 0.15) is 17.3 Å². The molecule has 0 fully saturated rings. The molecule has 108 valence electrons. The highest BCUT2D eigenvalue weighted by Gasteiger charge is 2.16. The lowest BCUT2D eigenvalue weighted by Crippen LogP contribution is -2.44. The minimum atomic E-state index is -0.427. The molecule has 0 aliphatic rings. The molecule has 2 rings (SSSR count). The predicted octanol–water partition coefficient (Wildman–Crippen LogP) is 1.42. The van der Waals surface area contributed by atoms with E-state index in [0.717, 1.165) is 0 Å². The van der Waals surface area contributed by atoms with Gasteiger partial charge in [0.05, 0.1) is 5.25 Å². The van der Waals surface area contributed by atoms with Crippen molar-refractivity contribution in [1.29, 1.82) is 0 Å². The van der Waals surface area contributed by atoms with Crippen molar-refractivity contribution in [1.82, 2.24) is 20.8 Å². The third kappa shape index (κ3) is 4.57. The molecule has 0 spiro atoms. The van der Waals surface area contributed by atoms with Gasteiger partial charge in [-0.05, 0) is 25.1 Å². The molecular formula is C14H14N4O2S. The Morgan fingerprint density at radius 3 is 2.38 bits per heavy atom. The van der Waals surface area contributed by atoms with Crippen LogP contribution in [0, 0.1) is 0 Å². The molecule has 2 amide bonds. The van der Waals surface area contributed by atoms with Crippen molar-refractivity contribution in [2.45, 2.75) is 17.3 Å². The second-order valence-corrected chi connectivity index (χ2v) is 5.41. The SMILES string of the molecule is C[C@H](Sc1ncccn1)C(=O)NNC(=O)c1ccccc1. The maximum Gasteiger partial charge on any atom is 0.269 e. The van der Waals surface area contributed by atoms with E-state index in [2.05, 4.69) is 20.8 Å². The second-order valence-electron chi connectivity index (χ2n) is 4.10. The Kier molecular flexibility index (Phi) is 5.28. The number of hydrogen-bond donors (Lipinski definition) is 2. The van der Waals surface area contributed by atoms with E-state index in [4.69, 9.17) is 0 Å². The topological polar surface area (TPSA) is 84.0 Å². The van der Waals surface area contributed by atoms with Gasteiger partial charge in [0.15, 0.2) is 5.16 Å². The minimum absolute atomic E-state index is 0.322. The lowest BCUT2D eigenvalue weighted by Gasteiger charge is -2.11. The Morgan fingerprint density at radius 1 is 1.05 bits per heavy atom. The molecule has 0 saturated heterocycles. The summed E-state index contributed by atoms with van der Waals surface area (Å²) in [6.45, 7) is 1.71. The van der Waals surface area contributed by atoms with E-state index in [9.17, 15) is 9.59 Å². The zero-order valence-electron chi connectivity index (χ0n) is 11.3. The van der Waals surface area contributed by atoms with Crippen molar-refractivity contribution < 1.29 is 9.59 Å². The number of nitrogens with one attached hydrogen (secondary N) is 2. The number of carbonyl (C=O) groups excluding carboxylic acids is 2. The highest BCUT2D eigenvalue weighted by Crippen LogP contribution is 2.17. The summed E-state index contributed by atoms with van der Waals surface area (Å²) in [7, 11) is 0. The molecule has 0 saturated carbocycles. The Hall–Kier alpha value is -2.41. The van der Waals surface area contributed by atoms with E-state index in [1.54, 1.807) is 49.6 Å². The van der Waals surface area contributed by atoms with Crippen LogP contribution in [0.25, 0.3) is 0 Å². The van der Waals surface area contributed by atoms with Gasteiger partial charge >= 0.3 is 0 Å². The fraction of sp³-hybridized carbons (Fsp3) is 0.143. The third-order valence-electron chi connectivity index (χ3n) is 2.53. The highest BCUT2D eigenvalue weighted by molar-refractivity contribution is 8.00. The number of nitrogens with zero attached hydrogens (tertiary/aromatic N) is 2. The van der Waals surface area contributed by atoms with Gasteiger partial charge < -0.3 is 0 Å². The predicted molar refractivity (Wildman–Crippen MR) is 79.4 cm³/mol. The Labute approximate surface area is 126 Å². The molecule has 0 unspecified atom stereocenters. The molecule has 7 heteroatoms. The first-order chi connectivity index (χ1) is 10.2. The van der Waals surface area contributed by atoms with Crippen molar-refractivity contribution in [3.63, 3.8) is 0 Å². The van der Waals surface area contributed by atoms with Gasteiger partial charge in [-0.2, -0.15) is 0 Å². The normalized spacial score (nSPS) is 11.5. The summed E-state index contributed by atoms with van der Waals surface area (Å²) < 4.78 is 0. The van der Waals surface area contributed by atoms with Gasteiger partial charge in [0.2, 0.25) is 0 Å². The number of benzene rings is 1. The average molecular weight is 302 g/mol. The van der Waals surface area contributed by atoms with Crippen LogP contribution in [-0.2, 0) is 4.79 Å². The fourth-order valence-electron chi connectivity index (χ4n) is 1.44. The van der Waals surface area contributed by atoms with Gasteiger partial charge in [0, 0.05) is 18.0 Å². The van der Waals surface area contributed by atoms with Crippen molar-refractivity contribution in [2.75, 3.05) is 0 Å². The standard InChI is InChI=1S/C14H14N4O2S/c1-10(21-14-15-8-5-9-16-14)12(19)17-18-13(20)11-6-3-2-4-7-11/h2-10H,1H3,(H,17,19)(H,18,20)/t10-/m0/s1. The highest BCUT2D eigenvalue weighted by atomic mass is 32.2. The zero-order valence-corrected chi connectivity index (χ0v) is 12.1. The van der Waals surface area contributed by atoms with Crippen molar-refractivity contribution in [2.24, 2.45) is 0 Å². The molecule has 6 nitrogen and oxygen atoms in total. The number of aromatic nitrogens is 2. The quantitative estimate of drug-likeness (QED) is 0.507. The van der Waals surface area contributed by atoms with Crippen LogP contribution in [0.3, 0.4) is 0 Å². The number of rotatable bonds is 4. The molecule has 0 aliphatic carbocycles. The van der Waals surface area contributed by atoms with Crippen molar-refractivity contribution in [3.05, 3.63) is 54.4 Å². The van der Waals surface area contributed by atoms with Crippen LogP contribution in [0.2, 0.25) is 0 Å². The summed E-state index contributed by atoms with van der Waals surface area (Å²) in [6.07, 6.45) is 3.22. The number of hydrazine groups is 1. The van der Waals surface area contributed by atoms with Gasteiger partial charge in [0.25, 0.3) is 11.8 Å². The molecule has 1 heterocycles. The molecule has 2 aromatic rings. The van der Waals surface area contributed by atoms with Gasteiger partial charge in [0.1, 0.15) is 0 Å². The monoisotopic (exact) mass is 302 g/mol. The Balaban J connectivity index is 1.83. The second kappa shape index (κ2) is 7.39. The van der Waals surface area contributed by atoms with E-state index >= 15 is 0 Å². The van der Waals surface area contributed by atoms with Crippen LogP contribution in [-0.4, -0.2) is 27.0 Å². The molecule has 1 atom stereocenters. The number of thioether (sulfide) groups is 1. The fourth-order valence-corrected chi connectivity index (χ4v) is 2.17. The molecule has 0 aliphatic heterocycles. The smallest absolute Gasteiger partial charge is 0.269 e. The molecular weight excluding hydrogens is 288 g/mol. The van der Waals surface area contributed by atoms with E-state index in [1.165, 1.54) is 11.8 Å². The molecule has 2 N–H and O–H groups in total. The maximum absolute atomic E-state index is 11.9. The van der Waals surface area contributed by atoms with Crippen LogP contribution in [0.15, 0.2) is 53.9 Å². The Bertz CT molecular complexity index is 607. The van der Waals surface area contributed by atoms with Gasteiger partial charge in [-0.25, -0.2) is 9.97 Å². The molecule has 0 radical (unpaired) electrons. The van der Waals surface area contributed by atoms with Gasteiger partial charge in [-0.3, -0.25) is 20.4 Å². The van der Waals surface area contributed by atoms with Crippen LogP contribution >= 0.6 is 11.8 Å². The average Bonchev–Trinajstić information content (AvgIpc) is 2.54. The number of hydrogen-bond acceptors (Lipinski definition) is 5. The van der Waals surface area contributed by atoms with E-state index in [-0.39, 0.29) is 11.8 Å². The van der Waals surface area contributed by atoms with Gasteiger partial charge in [-0.15, -0.1) is 0 Å². The van der Waals surface area contributed by atoms with E-state index in [0.29, 0.717) is 10.7 Å². The summed E-state index contributed by atoms with van der Waals surface area (Å²) in [5, 5.41) is 0.0815. The first-order valence-electron chi connectivity index (χ1n) is 6.26. The van der Waals surface area contributed by atoms with E-state index < -0.39 is 5.25 Å². The van der Waals surface area contributed by atoms with Gasteiger partial charge in [-0.1, -0.05) is 30.0 Å². The molecule has 0 bridgehead atoms. The summed E-state index contributed by atoms with van der Waals surface area (Å²) in [6, 6.07) is 10.3. The van der Waals surface area contributed by atoms with Crippen LogP contribution in [0.5, 0.6) is 0 Å². The van der Waals surface area contributed by atoms with Crippen molar-refractivity contribution in [3.8, 4) is 0 Å². The molecule has 21 heavy (non-hydrogen) atoms. The van der Waals surface area contributed by atoms with Crippen LogP contribution in [0.4, 0.5) is 0 Å². The summed E-state index contributed by atoms with van der Waals surface area (Å²) in [5.41, 5.74) is 5.24. The third-order valence-corrected chi connectivity index (χ3v) is 3.52. The first kappa shape index (κ1) is 15.0. The lowest BCUT2D eigenvalue weighted by atomic mass is 10.2. The summed E-state index contributed by atoms with van der Waals surface area (Å²) >= 11 is 1.21. The number of carbonyl (C=O) groups is 2. The maximum atomic E-state index is 11.9. The minimum Gasteiger partial charge on any atom is -0.272 e. The Morgan fingerprint density at radius 2 is 1.71 bits per heavy atom.